The van der Waals surface area contributed by atoms with Crippen LogP contribution in [0.2, 0.25) is 20.3 Å². The Balaban J connectivity index is 4.21. The molecule has 0 bridgehead atoms. The van der Waals surface area contributed by atoms with Crippen LogP contribution in [-0.4, -0.2) is 1.12 Å². The average molecular weight is 353 g/mol. The number of hydrogen-bond donors (Lipinski definition) is 0. The van der Waals surface area contributed by atoms with E-state index in [2.05, 4.69) is 35.9 Å². The predicted molar refractivity (Wildman–Crippen MR) is 67.3 cm³/mol. The maximum atomic E-state index is 2.70. The fourth-order valence-corrected chi connectivity index (χ4v) is 25.6. The van der Waals surface area contributed by atoms with E-state index in [9.17, 15) is 0 Å². The molecular weight excluding hydrogens is 324 g/mol. The Hall–Kier alpha value is 1.80. The molecule has 0 radical (unpaired) electrons. The molecule has 0 heterocycles. The van der Waals surface area contributed by atoms with Gasteiger partial charge in [-0.1, -0.05) is 0 Å². The van der Waals surface area contributed by atoms with Gasteiger partial charge in [0.15, 0.2) is 0 Å². The molecule has 2 heteroatoms. The Morgan fingerprint density at radius 1 is 1.00 bits per heavy atom. The Labute approximate surface area is 108 Å². The summed E-state index contributed by atoms with van der Waals surface area (Å²) in [6.07, 6.45) is 1.51. The van der Waals surface area contributed by atoms with Crippen molar-refractivity contribution < 1.29 is 41.0 Å². The van der Waals surface area contributed by atoms with E-state index in [0.717, 1.165) is 5.92 Å². The van der Waals surface area contributed by atoms with Crippen LogP contribution in [0.5, 0.6) is 0 Å². The van der Waals surface area contributed by atoms with Gasteiger partial charge in [-0.3, -0.25) is 0 Å². The van der Waals surface area contributed by atoms with E-state index in [1.807, 2.05) is 0 Å². The first-order chi connectivity index (χ1) is 6.52. The molecule has 0 aliphatic rings. The first kappa shape index (κ1) is 15.8. The molecule has 0 aliphatic heterocycles. The summed E-state index contributed by atoms with van der Waals surface area (Å²) in [6, 6.07) is 4.70. The molecule has 0 N–H and O–H groups in total. The van der Waals surface area contributed by atoms with Gasteiger partial charge in [0.2, 0.25) is 0 Å². The summed E-state index contributed by atoms with van der Waals surface area (Å²) in [5.41, 5.74) is 0. The quantitative estimate of drug-likeness (QED) is 0.557. The van der Waals surface area contributed by atoms with E-state index >= 15 is 0 Å². The van der Waals surface area contributed by atoms with Crippen molar-refractivity contribution in [1.29, 1.82) is 0 Å². The topological polar surface area (TPSA) is 0 Å². The van der Waals surface area contributed by atoms with E-state index in [0.29, 0.717) is 0 Å². The molecular formula is C12H29EuSi. The Morgan fingerprint density at radius 2 is 1.43 bits per heavy atom. The van der Waals surface area contributed by atoms with E-state index in [4.69, 9.17) is 0 Å². The Kier molecular flexibility index (Phi) is 9.00. The standard InChI is InChI=1S/C6H15Si.C5H11.CH3.Eu/c1-4-7(5-2)6-3;1-4-5(2)3;;/h4-6H2,1-3H3;5H,1,4H2,2-3H3;1H3;. The monoisotopic (exact) mass is 354 g/mol. The molecule has 0 unspecified atom stereocenters. The molecule has 0 aliphatic carbocycles. The van der Waals surface area contributed by atoms with Crippen molar-refractivity contribution in [2.24, 2.45) is 5.92 Å². The zero-order valence-electron chi connectivity index (χ0n) is 11.0. The Morgan fingerprint density at radius 3 is 1.71 bits per heavy atom. The normalized spacial score (nSPS) is 13.5. The van der Waals surface area contributed by atoms with Gasteiger partial charge in [0.05, 0.1) is 0 Å². The first-order valence-corrected chi connectivity index (χ1v) is 16.4. The van der Waals surface area contributed by atoms with Crippen LogP contribution in [0.15, 0.2) is 0 Å². The second-order valence-electron chi connectivity index (χ2n) is 4.67. The van der Waals surface area contributed by atoms with Crippen LogP contribution < -0.4 is 0 Å². The van der Waals surface area contributed by atoms with Gasteiger partial charge in [0.25, 0.3) is 0 Å². The van der Waals surface area contributed by atoms with E-state index in [1.165, 1.54) is 6.42 Å². The number of rotatable bonds is 7. The van der Waals surface area contributed by atoms with Crippen molar-refractivity contribution >= 4 is 1.12 Å². The fourth-order valence-electron chi connectivity index (χ4n) is 2.02. The summed E-state index contributed by atoms with van der Waals surface area (Å²) >= 11 is -0.838. The van der Waals surface area contributed by atoms with Crippen LogP contribution in [0.3, 0.4) is 0 Å². The summed E-state index contributed by atoms with van der Waals surface area (Å²) in [5.74, 6) is 0.930. The van der Waals surface area contributed by atoms with Crippen LogP contribution in [0.4, 0.5) is 0 Å². The average Bonchev–Trinajstić information content (AvgIpc) is 2.18. The molecule has 0 rings (SSSR count). The second kappa shape index (κ2) is 7.98. The molecule has 0 nitrogen and oxygen atoms in total. The molecule has 0 aromatic rings. The third-order valence-corrected chi connectivity index (χ3v) is 33.5. The molecule has 0 aromatic carbocycles. The maximum absolute atomic E-state index is 2.70. The fraction of sp³-hybridized carbons (Fsp3) is 1.00. The van der Waals surface area contributed by atoms with E-state index < -0.39 is 42.2 Å². The van der Waals surface area contributed by atoms with Crippen molar-refractivity contribution in [3.8, 4) is 0 Å². The molecule has 88 valence electrons. The molecule has 0 spiro atoms. The summed E-state index contributed by atoms with van der Waals surface area (Å²) in [7, 11) is 0. The van der Waals surface area contributed by atoms with Gasteiger partial charge in [-0.25, -0.2) is 0 Å². The van der Waals surface area contributed by atoms with Gasteiger partial charge in [-0.15, -0.1) is 0 Å². The molecule has 0 atom stereocenters. The van der Waals surface area contributed by atoms with Crippen molar-refractivity contribution in [1.82, 2.24) is 0 Å². The van der Waals surface area contributed by atoms with Gasteiger partial charge in [0, 0.05) is 0 Å². The van der Waals surface area contributed by atoms with Crippen LogP contribution in [0.1, 0.15) is 41.0 Å². The molecule has 14 heavy (non-hydrogen) atoms. The molecule has 0 amide bonds. The zero-order valence-corrected chi connectivity index (χ0v) is 14.4. The predicted octanol–water partition coefficient (Wildman–Crippen LogP) is 5.12. The van der Waals surface area contributed by atoms with Crippen molar-refractivity contribution in [3.63, 3.8) is 0 Å². The van der Waals surface area contributed by atoms with Crippen LogP contribution in [0, 0.1) is 47.0 Å². The molecule has 0 fully saturated rings. The SMILES string of the molecule is CC[Si](CC)(CC)[Eu]([CH3])[CH2]CC(C)C. The molecule has 0 saturated heterocycles. The minimum atomic E-state index is -0.838. The molecule has 0 saturated carbocycles. The van der Waals surface area contributed by atoms with Gasteiger partial charge in [-0.05, 0) is 0 Å². The van der Waals surface area contributed by atoms with Crippen LogP contribution in [-0.2, 0) is 0 Å². The Bertz CT molecular complexity index is 133. The third kappa shape index (κ3) is 4.76. The minimum absolute atomic E-state index is 0.702. The summed E-state index contributed by atoms with van der Waals surface area (Å²) in [4.78, 5) is 0. The first-order valence-electron chi connectivity index (χ1n) is 6.08. The summed E-state index contributed by atoms with van der Waals surface area (Å²) in [6.45, 7) is 12.2. The second-order valence-corrected chi connectivity index (χ2v) is 26.6. The van der Waals surface area contributed by atoms with Gasteiger partial charge < -0.3 is 0 Å². The van der Waals surface area contributed by atoms with E-state index in [-0.39, 0.29) is 0 Å². The van der Waals surface area contributed by atoms with Gasteiger partial charge in [0.1, 0.15) is 0 Å². The number of hydrogen-bond acceptors (Lipinski definition) is 0. The van der Waals surface area contributed by atoms with E-state index in [1.54, 1.807) is 18.9 Å². The van der Waals surface area contributed by atoms with Gasteiger partial charge >= 0.3 is 109 Å². The molecule has 0 aromatic heterocycles. The van der Waals surface area contributed by atoms with Crippen LogP contribution in [0.25, 0.3) is 0 Å². The van der Waals surface area contributed by atoms with Crippen molar-refractivity contribution in [2.45, 2.75) is 61.3 Å². The summed E-state index contributed by atoms with van der Waals surface area (Å²) in [5, 5.41) is 0. The zero-order chi connectivity index (χ0) is 11.2. The third-order valence-electron chi connectivity index (χ3n) is 3.56. The van der Waals surface area contributed by atoms with Crippen LogP contribution >= 0.6 is 0 Å². The van der Waals surface area contributed by atoms with Gasteiger partial charge in [-0.2, -0.15) is 0 Å². The van der Waals surface area contributed by atoms with Crippen molar-refractivity contribution in [2.75, 3.05) is 0 Å². The van der Waals surface area contributed by atoms with Crippen molar-refractivity contribution in [3.05, 3.63) is 0 Å². The summed E-state index contributed by atoms with van der Waals surface area (Å²) < 4.78 is 3.66.